The lowest BCUT2D eigenvalue weighted by molar-refractivity contribution is 0.0513. The Kier molecular flexibility index (Phi) is 14.7. The van der Waals surface area contributed by atoms with E-state index >= 15 is 0 Å². The summed E-state index contributed by atoms with van der Waals surface area (Å²) in [4.78, 5) is 11.8. The number of esters is 1. The maximum atomic E-state index is 14.1. The number of ether oxygens (including phenoxy) is 1. The van der Waals surface area contributed by atoms with Crippen molar-refractivity contribution < 1.29 is 13.9 Å². The number of alkyl halides is 1. The Morgan fingerprint density at radius 2 is 1.50 bits per heavy atom. The van der Waals surface area contributed by atoms with E-state index in [0.29, 0.717) is 31.7 Å². The minimum atomic E-state index is -0.791. The first kappa shape index (κ1) is 24.7. The molecule has 162 valence electrons. The second-order valence-corrected chi connectivity index (χ2v) is 7.87. The molecule has 1 heterocycles. The molecular formula is C24H42FNO2. The molecule has 3 nitrogen and oxygen atoms in total. The third-order valence-electron chi connectivity index (χ3n) is 5.37. The number of unbranched alkanes of at least 4 members (excludes halogenated alkanes) is 11. The molecule has 0 radical (unpaired) electrons. The van der Waals surface area contributed by atoms with Crippen LogP contribution in [-0.4, -0.2) is 23.3 Å². The number of aryl methyl sites for hydroxylation is 1. The van der Waals surface area contributed by atoms with Gasteiger partial charge in [-0.2, -0.15) is 0 Å². The van der Waals surface area contributed by atoms with Crippen molar-refractivity contribution in [1.82, 2.24) is 4.57 Å². The van der Waals surface area contributed by atoms with Gasteiger partial charge in [0.15, 0.2) is 0 Å². The van der Waals surface area contributed by atoms with Gasteiger partial charge in [0, 0.05) is 12.7 Å². The van der Waals surface area contributed by atoms with E-state index in [1.807, 2.05) is 12.3 Å². The third-order valence-corrected chi connectivity index (χ3v) is 5.37. The van der Waals surface area contributed by atoms with Gasteiger partial charge >= 0.3 is 5.97 Å². The largest absolute Gasteiger partial charge is 0.461 e. The molecule has 28 heavy (non-hydrogen) atoms. The summed E-state index contributed by atoms with van der Waals surface area (Å²) in [6.07, 6.45) is 17.7. The van der Waals surface area contributed by atoms with E-state index in [4.69, 9.17) is 4.74 Å². The quantitative estimate of drug-likeness (QED) is 0.190. The number of aromatic nitrogens is 1. The van der Waals surface area contributed by atoms with Crippen molar-refractivity contribution in [2.24, 2.45) is 0 Å². The fraction of sp³-hybridized carbons (Fsp3) is 0.792. The summed E-state index contributed by atoms with van der Waals surface area (Å²) < 4.78 is 21.0. The van der Waals surface area contributed by atoms with Crippen LogP contribution in [0.1, 0.15) is 114 Å². The molecule has 0 aliphatic rings. The number of nitrogens with zero attached hydrogens (tertiary/aromatic N) is 1. The van der Waals surface area contributed by atoms with Crippen LogP contribution in [0.3, 0.4) is 0 Å². The molecule has 1 rings (SSSR count). The average molecular weight is 396 g/mol. The Bertz CT molecular complexity index is 501. The summed E-state index contributed by atoms with van der Waals surface area (Å²) >= 11 is 0. The van der Waals surface area contributed by atoms with Crippen molar-refractivity contribution in [3.05, 3.63) is 24.0 Å². The van der Waals surface area contributed by atoms with Gasteiger partial charge in [0.05, 0.1) is 6.61 Å². The molecule has 0 saturated carbocycles. The number of carbonyl (C=O) groups excluding carboxylic acids is 1. The van der Waals surface area contributed by atoms with E-state index in [-0.39, 0.29) is 5.97 Å². The Hall–Kier alpha value is -1.32. The Balaban J connectivity index is 1.98. The molecule has 0 fully saturated rings. The fourth-order valence-corrected chi connectivity index (χ4v) is 3.63. The number of carbonyl (C=O) groups is 1. The first-order valence-corrected chi connectivity index (χ1v) is 11.6. The monoisotopic (exact) mass is 395 g/mol. The second-order valence-electron chi connectivity index (χ2n) is 7.87. The number of halogens is 1. The van der Waals surface area contributed by atoms with Gasteiger partial charge < -0.3 is 9.30 Å². The van der Waals surface area contributed by atoms with E-state index in [2.05, 4.69) is 6.92 Å². The highest BCUT2D eigenvalue weighted by molar-refractivity contribution is 5.87. The predicted molar refractivity (Wildman–Crippen MR) is 116 cm³/mol. The zero-order valence-corrected chi connectivity index (χ0v) is 18.3. The summed E-state index contributed by atoms with van der Waals surface area (Å²) in [6, 6.07) is 3.54. The van der Waals surface area contributed by atoms with Crippen LogP contribution < -0.4 is 0 Å². The topological polar surface area (TPSA) is 31.2 Å². The van der Waals surface area contributed by atoms with Crippen LogP contribution in [0, 0.1) is 0 Å². The second kappa shape index (κ2) is 16.6. The van der Waals surface area contributed by atoms with E-state index < -0.39 is 6.17 Å². The van der Waals surface area contributed by atoms with Crippen LogP contribution in [0.2, 0.25) is 0 Å². The van der Waals surface area contributed by atoms with Crippen molar-refractivity contribution in [3.63, 3.8) is 0 Å². The van der Waals surface area contributed by atoms with Crippen LogP contribution in [0.5, 0.6) is 0 Å². The molecule has 1 unspecified atom stereocenters. The Morgan fingerprint density at radius 3 is 2.07 bits per heavy atom. The molecule has 1 aromatic heterocycles. The SMILES string of the molecule is CCCCCCCCCCCCCCC(F)CCn1cccc1C(=O)OCC. The van der Waals surface area contributed by atoms with E-state index in [1.165, 1.54) is 64.2 Å². The highest BCUT2D eigenvalue weighted by Gasteiger charge is 2.13. The van der Waals surface area contributed by atoms with Gasteiger partial charge in [-0.15, -0.1) is 0 Å². The number of hydrogen-bond donors (Lipinski definition) is 0. The standard InChI is InChI=1S/C24H42FNO2/c1-3-5-6-7-8-9-10-11-12-13-14-15-17-22(25)19-21-26-20-16-18-23(26)24(27)28-4-2/h16,18,20,22H,3-15,17,19,21H2,1-2H3. The van der Waals surface area contributed by atoms with Crippen molar-refractivity contribution in [2.45, 2.75) is 116 Å². The van der Waals surface area contributed by atoms with Crippen molar-refractivity contribution >= 4 is 5.97 Å². The summed E-state index contributed by atoms with van der Waals surface area (Å²) in [6.45, 7) is 4.93. The normalized spacial score (nSPS) is 12.2. The predicted octanol–water partition coefficient (Wildman–Crippen LogP) is 7.48. The van der Waals surface area contributed by atoms with Crippen LogP contribution in [0.15, 0.2) is 18.3 Å². The third kappa shape index (κ3) is 11.5. The fourth-order valence-electron chi connectivity index (χ4n) is 3.63. The Labute approximate surface area is 172 Å². The van der Waals surface area contributed by atoms with Crippen molar-refractivity contribution in [1.29, 1.82) is 0 Å². The molecular weight excluding hydrogens is 353 g/mol. The van der Waals surface area contributed by atoms with E-state index in [9.17, 15) is 9.18 Å². The highest BCUT2D eigenvalue weighted by Crippen LogP contribution is 2.16. The lowest BCUT2D eigenvalue weighted by atomic mass is 10.0. The van der Waals surface area contributed by atoms with Crippen LogP contribution in [0.25, 0.3) is 0 Å². The molecule has 0 aliphatic carbocycles. The van der Waals surface area contributed by atoms with Gasteiger partial charge in [0.25, 0.3) is 0 Å². The zero-order chi connectivity index (χ0) is 20.5. The molecule has 4 heteroatoms. The average Bonchev–Trinajstić information content (AvgIpc) is 3.16. The highest BCUT2D eigenvalue weighted by atomic mass is 19.1. The van der Waals surface area contributed by atoms with E-state index in [1.54, 1.807) is 17.6 Å². The smallest absolute Gasteiger partial charge is 0.354 e. The lowest BCUT2D eigenvalue weighted by Gasteiger charge is -2.11. The van der Waals surface area contributed by atoms with E-state index in [0.717, 1.165) is 12.8 Å². The number of rotatable bonds is 18. The van der Waals surface area contributed by atoms with Gasteiger partial charge in [-0.05, 0) is 31.9 Å². The van der Waals surface area contributed by atoms with Gasteiger partial charge in [0.2, 0.25) is 0 Å². The van der Waals surface area contributed by atoms with Gasteiger partial charge in [-0.1, -0.05) is 84.0 Å². The minimum Gasteiger partial charge on any atom is -0.461 e. The lowest BCUT2D eigenvalue weighted by Crippen LogP contribution is -2.14. The molecule has 0 aliphatic heterocycles. The summed E-state index contributed by atoms with van der Waals surface area (Å²) in [5.74, 6) is -0.330. The molecule has 0 bridgehead atoms. The van der Waals surface area contributed by atoms with Crippen LogP contribution in [0.4, 0.5) is 4.39 Å². The summed E-state index contributed by atoms with van der Waals surface area (Å²) in [5.41, 5.74) is 0.513. The van der Waals surface area contributed by atoms with Crippen molar-refractivity contribution in [3.8, 4) is 0 Å². The first-order chi connectivity index (χ1) is 13.7. The van der Waals surface area contributed by atoms with Crippen LogP contribution >= 0.6 is 0 Å². The van der Waals surface area contributed by atoms with Gasteiger partial charge in [0.1, 0.15) is 11.9 Å². The Morgan fingerprint density at radius 1 is 0.929 bits per heavy atom. The van der Waals surface area contributed by atoms with Crippen LogP contribution in [-0.2, 0) is 11.3 Å². The molecule has 0 saturated heterocycles. The maximum Gasteiger partial charge on any atom is 0.354 e. The summed E-state index contributed by atoms with van der Waals surface area (Å²) in [5, 5.41) is 0. The van der Waals surface area contributed by atoms with Gasteiger partial charge in [-0.3, -0.25) is 0 Å². The molecule has 0 aromatic carbocycles. The maximum absolute atomic E-state index is 14.1. The zero-order valence-electron chi connectivity index (χ0n) is 18.3. The summed E-state index contributed by atoms with van der Waals surface area (Å²) in [7, 11) is 0. The molecule has 1 aromatic rings. The van der Waals surface area contributed by atoms with Gasteiger partial charge in [-0.25, -0.2) is 9.18 Å². The molecule has 0 N–H and O–H groups in total. The number of hydrogen-bond acceptors (Lipinski definition) is 2. The molecule has 0 spiro atoms. The van der Waals surface area contributed by atoms with Crippen molar-refractivity contribution in [2.75, 3.05) is 6.61 Å². The minimum absolute atomic E-state index is 0.330. The first-order valence-electron chi connectivity index (χ1n) is 11.6. The molecule has 0 amide bonds. The molecule has 1 atom stereocenters.